The Kier molecular flexibility index (Phi) is 4.60. The standard InChI is InChI=1S/C17H16N2.HI/c1-13(14-7-3-2-4-8-14)19-12-11-16(18)15-9-5-6-10-17(15)19;/h2-13,18H,1H3;1H. The number of pyridine rings is 1. The summed E-state index contributed by atoms with van der Waals surface area (Å²) >= 11 is 0. The van der Waals surface area contributed by atoms with Crippen LogP contribution in [0.25, 0.3) is 10.9 Å². The van der Waals surface area contributed by atoms with Crippen molar-refractivity contribution in [1.29, 1.82) is 0 Å². The molecule has 0 fully saturated rings. The van der Waals surface area contributed by atoms with Crippen molar-refractivity contribution in [3.8, 4) is 0 Å². The second-order valence-corrected chi connectivity index (χ2v) is 4.78. The van der Waals surface area contributed by atoms with E-state index in [0.717, 1.165) is 11.1 Å². The lowest BCUT2D eigenvalue weighted by Crippen LogP contribution is -3.00. The van der Waals surface area contributed by atoms with Gasteiger partial charge in [-0.2, -0.15) is 4.57 Å². The quantitative estimate of drug-likeness (QED) is 0.507. The third kappa shape index (κ3) is 2.63. The molecule has 3 heteroatoms. The highest BCUT2D eigenvalue weighted by atomic mass is 127. The highest BCUT2D eigenvalue weighted by Crippen LogP contribution is 2.20. The Hall–Kier alpha value is -1.62. The van der Waals surface area contributed by atoms with E-state index in [0.29, 0.717) is 0 Å². The number of fused-ring (bicyclic) bond motifs is 1. The van der Waals surface area contributed by atoms with Gasteiger partial charge in [-0.25, -0.2) is 0 Å². The van der Waals surface area contributed by atoms with Crippen LogP contribution in [0.2, 0.25) is 0 Å². The Labute approximate surface area is 136 Å². The van der Waals surface area contributed by atoms with E-state index in [1.165, 1.54) is 11.1 Å². The summed E-state index contributed by atoms with van der Waals surface area (Å²) in [5, 5.41) is 1.10. The molecule has 3 aromatic rings. The maximum Gasteiger partial charge on any atom is 0.215 e. The number of para-hydroxylation sites is 1. The summed E-state index contributed by atoms with van der Waals surface area (Å²) in [6, 6.07) is 21.0. The molecule has 0 aliphatic heterocycles. The first-order chi connectivity index (χ1) is 9.27. The molecule has 2 N–H and O–H groups in total. The van der Waals surface area contributed by atoms with Crippen LogP contribution >= 0.6 is 0 Å². The average molecular weight is 376 g/mol. The Morgan fingerprint density at radius 2 is 1.55 bits per heavy atom. The highest BCUT2D eigenvalue weighted by molar-refractivity contribution is 5.87. The fourth-order valence-corrected chi connectivity index (χ4v) is 2.50. The molecule has 0 amide bonds. The van der Waals surface area contributed by atoms with Crippen molar-refractivity contribution >= 4 is 16.6 Å². The molecular weight excluding hydrogens is 359 g/mol. The van der Waals surface area contributed by atoms with Crippen molar-refractivity contribution < 1.29 is 28.5 Å². The zero-order valence-electron chi connectivity index (χ0n) is 11.3. The summed E-state index contributed by atoms with van der Waals surface area (Å²) < 4.78 is 2.26. The zero-order chi connectivity index (χ0) is 13.2. The Morgan fingerprint density at radius 3 is 2.30 bits per heavy atom. The number of hydrogen-bond acceptors (Lipinski definition) is 1. The smallest absolute Gasteiger partial charge is 0.215 e. The van der Waals surface area contributed by atoms with Gasteiger partial charge in [-0.3, -0.25) is 0 Å². The molecule has 1 aromatic heterocycles. The number of anilines is 1. The van der Waals surface area contributed by atoms with Gasteiger partial charge in [0.05, 0.1) is 11.1 Å². The number of nitrogen functional groups attached to an aromatic ring is 1. The third-order valence-corrected chi connectivity index (χ3v) is 3.61. The van der Waals surface area contributed by atoms with E-state index in [-0.39, 0.29) is 30.0 Å². The Morgan fingerprint density at radius 1 is 0.900 bits per heavy atom. The van der Waals surface area contributed by atoms with Gasteiger partial charge < -0.3 is 29.7 Å². The number of benzene rings is 2. The second-order valence-electron chi connectivity index (χ2n) is 4.78. The molecule has 0 saturated carbocycles. The van der Waals surface area contributed by atoms with Gasteiger partial charge in [0.15, 0.2) is 12.2 Å². The Bertz CT molecular complexity index is 711. The van der Waals surface area contributed by atoms with Crippen LogP contribution < -0.4 is 34.3 Å². The van der Waals surface area contributed by atoms with E-state index in [1.807, 2.05) is 18.2 Å². The third-order valence-electron chi connectivity index (χ3n) is 3.61. The van der Waals surface area contributed by atoms with Crippen LogP contribution in [0.5, 0.6) is 0 Å². The van der Waals surface area contributed by atoms with Crippen LogP contribution in [0.1, 0.15) is 18.5 Å². The number of rotatable bonds is 2. The second kappa shape index (κ2) is 6.22. The number of halogens is 1. The molecule has 0 saturated heterocycles. The van der Waals surface area contributed by atoms with Crippen LogP contribution in [-0.2, 0) is 0 Å². The minimum absolute atomic E-state index is 0. The van der Waals surface area contributed by atoms with Gasteiger partial charge in [-0.15, -0.1) is 0 Å². The van der Waals surface area contributed by atoms with Gasteiger partial charge in [-0.1, -0.05) is 42.5 Å². The lowest BCUT2D eigenvalue weighted by Gasteiger charge is -2.10. The maximum absolute atomic E-state index is 6.05. The van der Waals surface area contributed by atoms with E-state index in [2.05, 4.69) is 60.2 Å². The number of nitrogens with two attached hydrogens (primary N) is 1. The summed E-state index contributed by atoms with van der Waals surface area (Å²) in [5.41, 5.74) is 9.34. The lowest BCUT2D eigenvalue weighted by molar-refractivity contribution is -0.685. The first kappa shape index (κ1) is 14.8. The predicted octanol–water partition coefficient (Wildman–Crippen LogP) is 0.323. The average Bonchev–Trinajstić information content (AvgIpc) is 2.48. The molecule has 0 spiro atoms. The number of aromatic nitrogens is 1. The van der Waals surface area contributed by atoms with Gasteiger partial charge in [0.1, 0.15) is 0 Å². The lowest BCUT2D eigenvalue weighted by atomic mass is 10.1. The van der Waals surface area contributed by atoms with E-state index in [4.69, 9.17) is 5.73 Å². The molecule has 0 bridgehead atoms. The molecule has 102 valence electrons. The first-order valence-electron chi connectivity index (χ1n) is 6.50. The van der Waals surface area contributed by atoms with Crippen LogP contribution in [0.15, 0.2) is 66.9 Å². The number of hydrogen-bond donors (Lipinski definition) is 1. The summed E-state index contributed by atoms with van der Waals surface area (Å²) in [4.78, 5) is 0. The van der Waals surface area contributed by atoms with Gasteiger partial charge in [0.25, 0.3) is 0 Å². The number of nitrogens with zero attached hydrogens (tertiary/aromatic N) is 1. The van der Waals surface area contributed by atoms with E-state index < -0.39 is 0 Å². The molecule has 1 unspecified atom stereocenters. The highest BCUT2D eigenvalue weighted by Gasteiger charge is 2.18. The molecule has 2 nitrogen and oxygen atoms in total. The van der Waals surface area contributed by atoms with Crippen molar-refractivity contribution in [1.82, 2.24) is 0 Å². The molecule has 1 heterocycles. The molecule has 0 aliphatic rings. The molecular formula is C17H17IN2. The van der Waals surface area contributed by atoms with Crippen molar-refractivity contribution in [3.05, 3.63) is 72.4 Å². The SMILES string of the molecule is CC(c1ccccc1)[n+]1ccc(N)c2ccccc21.[I-]. The van der Waals surface area contributed by atoms with E-state index in [9.17, 15) is 0 Å². The maximum atomic E-state index is 6.05. The largest absolute Gasteiger partial charge is 1.00 e. The molecule has 2 aromatic carbocycles. The van der Waals surface area contributed by atoms with Gasteiger partial charge in [0, 0.05) is 24.6 Å². The normalized spacial score (nSPS) is 11.8. The van der Waals surface area contributed by atoms with Crippen molar-refractivity contribution in [3.63, 3.8) is 0 Å². The van der Waals surface area contributed by atoms with E-state index >= 15 is 0 Å². The molecule has 0 aliphatic carbocycles. The zero-order valence-corrected chi connectivity index (χ0v) is 13.5. The predicted molar refractivity (Wildman–Crippen MR) is 78.8 cm³/mol. The molecule has 3 rings (SSSR count). The fraction of sp³-hybridized carbons (Fsp3) is 0.118. The monoisotopic (exact) mass is 376 g/mol. The Balaban J connectivity index is 0.00000147. The van der Waals surface area contributed by atoms with Crippen molar-refractivity contribution in [2.75, 3.05) is 5.73 Å². The van der Waals surface area contributed by atoms with Crippen molar-refractivity contribution in [2.24, 2.45) is 0 Å². The minimum atomic E-state index is 0. The van der Waals surface area contributed by atoms with Gasteiger partial charge >= 0.3 is 0 Å². The summed E-state index contributed by atoms with van der Waals surface area (Å²) in [5.74, 6) is 0. The minimum Gasteiger partial charge on any atom is -1.00 e. The van der Waals surface area contributed by atoms with Crippen LogP contribution in [0.4, 0.5) is 5.69 Å². The molecule has 20 heavy (non-hydrogen) atoms. The van der Waals surface area contributed by atoms with Crippen molar-refractivity contribution in [2.45, 2.75) is 13.0 Å². The van der Waals surface area contributed by atoms with Gasteiger partial charge in [0.2, 0.25) is 5.52 Å². The van der Waals surface area contributed by atoms with Crippen LogP contribution in [-0.4, -0.2) is 0 Å². The van der Waals surface area contributed by atoms with E-state index in [1.54, 1.807) is 0 Å². The van der Waals surface area contributed by atoms with Crippen LogP contribution in [0.3, 0.4) is 0 Å². The topological polar surface area (TPSA) is 29.9 Å². The van der Waals surface area contributed by atoms with Crippen LogP contribution in [0, 0.1) is 0 Å². The first-order valence-corrected chi connectivity index (χ1v) is 6.50. The summed E-state index contributed by atoms with van der Waals surface area (Å²) in [7, 11) is 0. The molecule has 0 radical (unpaired) electrons. The summed E-state index contributed by atoms with van der Waals surface area (Å²) in [6.45, 7) is 2.21. The van der Waals surface area contributed by atoms with Gasteiger partial charge in [-0.05, 0) is 6.07 Å². The molecule has 1 atom stereocenters. The fourth-order valence-electron chi connectivity index (χ4n) is 2.50. The summed E-state index contributed by atoms with van der Waals surface area (Å²) in [6.07, 6.45) is 2.06.